The molecule has 0 atom stereocenters. The van der Waals surface area contributed by atoms with E-state index in [9.17, 15) is 18.0 Å². The second-order valence-electron chi connectivity index (χ2n) is 27.0. The van der Waals surface area contributed by atoms with E-state index in [-0.39, 0.29) is 143 Å². The fourth-order valence-electron chi connectivity index (χ4n) is 13.6. The van der Waals surface area contributed by atoms with E-state index in [1.54, 1.807) is 36.8 Å². The SMILES string of the molecule is CC(=O)C=C(C)O.CC1(C)c2ccc[c-]c2-c2nccc3cccc1c23.Cc1[c-]c(-c2nccc3ccccc23)cc(C)c1.Fc1[c-]c(-c2nccc3ccccc23)cc(F)c1.Fc1c[c-]c(-c2nccc3ccccc23)cc1.[C-]#[N+]c1cc[c-]c(-c2nccc3ccccc23)c1.[Ir].[Ir].[Ir].[Ir].[Ir].[Ir].[c-]1ccccc1-c1nccc2ccccc12. The zero-order chi connectivity index (χ0) is 78.8. The molecule has 0 amide bonds. The first kappa shape index (κ1) is 95.6. The molecule has 0 bridgehead atoms. The van der Waals surface area contributed by atoms with Crippen molar-refractivity contribution >= 4 is 76.1 Å². The summed E-state index contributed by atoms with van der Waals surface area (Å²) in [5, 5.41) is 21.9. The second-order valence-corrected chi connectivity index (χ2v) is 27.0. The van der Waals surface area contributed by atoms with Crippen molar-refractivity contribution in [2.75, 3.05) is 0 Å². The Labute approximate surface area is 772 Å². The van der Waals surface area contributed by atoms with Gasteiger partial charge in [0, 0.05) is 181 Å². The van der Waals surface area contributed by atoms with Gasteiger partial charge in [-0.15, -0.1) is 177 Å². The average Bonchev–Trinajstić information content (AvgIpc) is 0.721. The number of aromatic nitrogens is 6. The number of carbonyl (C=O) groups is 1. The van der Waals surface area contributed by atoms with E-state index < -0.39 is 11.6 Å². The number of allylic oxidation sites excluding steroid dienone is 2. The number of fused-ring (bicyclic) bond motifs is 7. The molecule has 6 radical (unpaired) electrons. The number of halogens is 3. The van der Waals surface area contributed by atoms with Gasteiger partial charge in [0.25, 0.3) is 0 Å². The first-order valence-electron chi connectivity index (χ1n) is 36.4. The molecule has 0 fully saturated rings. The number of aliphatic hydroxyl groups excluding tert-OH is 1. The predicted octanol–water partition coefficient (Wildman–Crippen LogP) is 25.5. The normalized spacial score (nSPS) is 10.8. The van der Waals surface area contributed by atoms with Crippen LogP contribution in [0.3, 0.4) is 0 Å². The number of pyridine rings is 6. The number of aryl methyl sites for hydroxylation is 2. The Bertz CT molecular complexity index is 6350. The third-order valence-corrected chi connectivity index (χ3v) is 18.6. The third kappa shape index (κ3) is 23.9. The number of ketones is 1. The van der Waals surface area contributed by atoms with Gasteiger partial charge in [0.05, 0.1) is 12.3 Å². The number of nitrogens with zero attached hydrogens (tertiary/aromatic N) is 7. The number of benzene rings is 12. The van der Waals surface area contributed by atoms with E-state index in [1.807, 2.05) is 164 Å². The summed E-state index contributed by atoms with van der Waals surface area (Å²) in [5.74, 6) is -1.70. The largest absolute Gasteiger partial charge is 0.512 e. The number of carbonyl (C=O) groups excluding carboxylic acids is 1. The van der Waals surface area contributed by atoms with Crippen molar-refractivity contribution in [3.63, 3.8) is 0 Å². The minimum absolute atomic E-state index is 0. The molecule has 19 rings (SSSR count). The Morgan fingerprint density at radius 2 is 0.815 bits per heavy atom. The number of aliphatic hydroxyl groups is 1. The van der Waals surface area contributed by atoms with Crippen LogP contribution < -0.4 is 0 Å². The molecule has 12 aromatic carbocycles. The summed E-state index contributed by atoms with van der Waals surface area (Å²) in [7, 11) is 0. The Morgan fingerprint density at radius 1 is 0.395 bits per heavy atom. The quantitative estimate of drug-likeness (QED) is 0.0993. The molecule has 0 saturated carbocycles. The van der Waals surface area contributed by atoms with Crippen LogP contribution in [0, 0.1) is 74.3 Å². The topological polar surface area (TPSA) is 119 Å². The molecule has 604 valence electrons. The van der Waals surface area contributed by atoms with Crippen LogP contribution in [0.4, 0.5) is 18.9 Å². The molecule has 1 aliphatic carbocycles. The van der Waals surface area contributed by atoms with Gasteiger partial charge in [0.1, 0.15) is 5.69 Å². The predicted molar refractivity (Wildman–Crippen MR) is 451 cm³/mol. The molecule has 1 aliphatic rings. The summed E-state index contributed by atoms with van der Waals surface area (Å²) in [6.07, 6.45) is 11.9. The number of hydrogen-bond donors (Lipinski definition) is 1. The molecular weight excluding hydrogens is 2550 g/mol. The van der Waals surface area contributed by atoms with Gasteiger partial charge in [0.2, 0.25) is 0 Å². The molecule has 9 nitrogen and oxygen atoms in total. The number of rotatable bonds is 6. The van der Waals surface area contributed by atoms with Crippen LogP contribution in [-0.2, 0) is 131 Å². The first-order chi connectivity index (χ1) is 55.0. The third-order valence-electron chi connectivity index (χ3n) is 18.6. The van der Waals surface area contributed by atoms with Gasteiger partial charge in [-0.2, -0.15) is 6.07 Å². The van der Waals surface area contributed by atoms with Crippen molar-refractivity contribution in [3.8, 4) is 67.5 Å². The van der Waals surface area contributed by atoms with Gasteiger partial charge in [-0.1, -0.05) is 173 Å². The van der Waals surface area contributed by atoms with E-state index in [4.69, 9.17) is 11.7 Å². The van der Waals surface area contributed by atoms with Crippen LogP contribution in [0.25, 0.3) is 137 Å². The summed E-state index contributed by atoms with van der Waals surface area (Å²) in [6, 6.07) is 108. The Morgan fingerprint density at radius 3 is 1.25 bits per heavy atom. The molecule has 0 saturated heterocycles. The Kier molecular flexibility index (Phi) is 36.6. The molecule has 1 N–H and O–H groups in total. The van der Waals surface area contributed by atoms with Crippen LogP contribution in [0.5, 0.6) is 0 Å². The van der Waals surface area contributed by atoms with E-state index in [0.29, 0.717) is 16.9 Å². The maximum Gasteiger partial charge on any atom is 0.155 e. The van der Waals surface area contributed by atoms with Gasteiger partial charge in [-0.05, 0) is 160 Å². The van der Waals surface area contributed by atoms with Crippen molar-refractivity contribution in [1.82, 2.24) is 29.9 Å². The van der Waals surface area contributed by atoms with Gasteiger partial charge in [-0.25, -0.2) is 8.78 Å². The smallest absolute Gasteiger partial charge is 0.155 e. The molecule has 6 aromatic heterocycles. The summed E-state index contributed by atoms with van der Waals surface area (Å²) < 4.78 is 39.3. The molecule has 119 heavy (non-hydrogen) atoms. The monoisotopic (exact) mass is 2630 g/mol. The molecule has 18 heteroatoms. The molecule has 6 heterocycles. The Hall–Kier alpha value is -10.5. The van der Waals surface area contributed by atoms with Crippen LogP contribution in [0.15, 0.2) is 328 Å². The standard InChI is InChI=1S/C18H14N.C17H14N.C16H9N2.C15H8F2N.C15H9FN.C15H10N.C5H8O2.6Ir/c1-18(2)14-8-4-3-7-13(14)17-16-12(10-11-19-17)6-5-9-15(16)18;1-12-9-13(2)11-15(10-12)17-16-6-4-3-5-14(16)7-8-18-17;1-17-14-7-4-6-13(11-14)16-15-8-3-2-5-12(15)9-10-18-16;16-12-7-11(8-13(17)9-12)15-14-4-2-1-3-10(14)5-6-18-15;16-13-7-5-12(6-8-13)15-14-4-2-1-3-11(14)9-10-17-15;1-2-7-13(8-3-1)15-14-9-5-4-6-12(14)10-11-16-15;1-4(6)3-5(2)7;;;;;;/h3-6,8-11H,1-2H3;3-10H,1-2H3;2-5,7-11H;1-7,9H;1-5,7-10H;1-7,9-11H;3,6H,1-2H3;;;;;;/q6*-1;;;;;;;. The van der Waals surface area contributed by atoms with Crippen molar-refractivity contribution < 1.29 is 144 Å². The maximum atomic E-state index is 13.2. The summed E-state index contributed by atoms with van der Waals surface area (Å²) in [6.45, 7) is 18.6. The summed E-state index contributed by atoms with van der Waals surface area (Å²) in [5.41, 5.74) is 16.3. The van der Waals surface area contributed by atoms with Gasteiger partial charge < -0.3 is 35.0 Å². The fraction of sp³-hybridized carbons (Fsp3) is 0.0693. The molecule has 0 spiro atoms. The van der Waals surface area contributed by atoms with Gasteiger partial charge in [0.15, 0.2) is 5.78 Å². The summed E-state index contributed by atoms with van der Waals surface area (Å²) >= 11 is 0. The van der Waals surface area contributed by atoms with Gasteiger partial charge >= 0.3 is 0 Å². The van der Waals surface area contributed by atoms with Crippen LogP contribution >= 0.6 is 0 Å². The summed E-state index contributed by atoms with van der Waals surface area (Å²) in [4.78, 5) is 40.0. The van der Waals surface area contributed by atoms with Crippen molar-refractivity contribution in [3.05, 3.63) is 416 Å². The van der Waals surface area contributed by atoms with Gasteiger partial charge in [-0.3, -0.25) is 14.0 Å². The second kappa shape index (κ2) is 45.6. The van der Waals surface area contributed by atoms with E-state index in [0.717, 1.165) is 100 Å². The van der Waals surface area contributed by atoms with E-state index in [2.05, 4.69) is 190 Å². The fourth-order valence-corrected chi connectivity index (χ4v) is 13.6. The molecular formula is C101H72F3Ir6N7O2-6. The Balaban J connectivity index is 0.000000192. The van der Waals surface area contributed by atoms with Crippen molar-refractivity contribution in [1.29, 1.82) is 0 Å². The first-order valence-corrected chi connectivity index (χ1v) is 36.4. The average molecular weight is 2630 g/mol. The minimum atomic E-state index is -0.722. The zero-order valence-corrected chi connectivity index (χ0v) is 79.1. The van der Waals surface area contributed by atoms with Crippen LogP contribution in [0.1, 0.15) is 49.9 Å². The number of hydrogen-bond acceptors (Lipinski definition) is 8. The van der Waals surface area contributed by atoms with Crippen molar-refractivity contribution in [2.24, 2.45) is 0 Å². The van der Waals surface area contributed by atoms with Crippen LogP contribution in [-0.4, -0.2) is 40.8 Å². The molecule has 0 unspecified atom stereocenters. The van der Waals surface area contributed by atoms with Crippen molar-refractivity contribution in [2.45, 2.75) is 47.0 Å². The maximum absolute atomic E-state index is 13.2. The zero-order valence-electron chi connectivity index (χ0n) is 64.7. The van der Waals surface area contributed by atoms with Crippen LogP contribution in [0.2, 0.25) is 0 Å². The minimum Gasteiger partial charge on any atom is -0.512 e. The molecule has 0 aliphatic heterocycles. The van der Waals surface area contributed by atoms with E-state index in [1.165, 1.54) is 87.1 Å². The van der Waals surface area contributed by atoms with E-state index >= 15 is 0 Å². The molecule has 18 aromatic rings.